The van der Waals surface area contributed by atoms with Gasteiger partial charge in [-0.3, -0.25) is 9.59 Å². The van der Waals surface area contributed by atoms with Crippen LogP contribution >= 0.6 is 23.5 Å². The Morgan fingerprint density at radius 3 is 1.24 bits per heavy atom. The fourth-order valence-electron chi connectivity index (χ4n) is 5.99. The second-order valence-corrected chi connectivity index (χ2v) is 14.4. The third-order valence-electron chi connectivity index (χ3n) is 8.82. The maximum absolute atomic E-state index is 14.3. The molecule has 8 heteroatoms. The van der Waals surface area contributed by atoms with Crippen LogP contribution in [-0.2, 0) is 22.7 Å². The molecule has 6 aromatic rings. The Labute approximate surface area is 321 Å². The number of carbonyl (C=O) groups is 4. The van der Waals surface area contributed by atoms with Gasteiger partial charge in [0.05, 0.1) is 11.1 Å². The van der Waals surface area contributed by atoms with Crippen LogP contribution in [-0.4, -0.2) is 23.5 Å². The molecule has 6 nitrogen and oxygen atoms in total. The molecule has 0 aliphatic heterocycles. The summed E-state index contributed by atoms with van der Waals surface area (Å²) >= 11 is 2.47. The van der Waals surface area contributed by atoms with Crippen LogP contribution in [0.15, 0.2) is 166 Å². The van der Waals surface area contributed by atoms with Gasteiger partial charge in [-0.2, -0.15) is 0 Å². The minimum Gasteiger partial charge on any atom is -0.457 e. The Balaban J connectivity index is 1.12. The number of ether oxygens (including phenoxy) is 2. The Bertz CT molecular complexity index is 2280. The van der Waals surface area contributed by atoms with Crippen LogP contribution in [0.1, 0.15) is 74.8 Å². The maximum atomic E-state index is 14.3. The molecule has 0 saturated heterocycles. The average Bonchev–Trinajstić information content (AvgIpc) is 3.21. The maximum Gasteiger partial charge on any atom is 0.339 e. The summed E-state index contributed by atoms with van der Waals surface area (Å²) in [6.45, 7) is 7.72. The summed E-state index contributed by atoms with van der Waals surface area (Å²) in [4.78, 5) is 57.4. The smallest absolute Gasteiger partial charge is 0.339 e. The van der Waals surface area contributed by atoms with E-state index in [2.05, 4.69) is 13.2 Å². The Hall–Kier alpha value is -6.22. The molecule has 0 radical (unpaired) electrons. The van der Waals surface area contributed by atoms with Crippen molar-refractivity contribution in [3.63, 3.8) is 0 Å². The van der Waals surface area contributed by atoms with Crippen molar-refractivity contribution in [2.24, 2.45) is 0 Å². The monoisotopic (exact) mass is 744 g/mol. The van der Waals surface area contributed by atoms with Crippen molar-refractivity contribution in [1.29, 1.82) is 0 Å². The molecule has 0 heterocycles. The zero-order valence-electron chi connectivity index (χ0n) is 29.0. The SMILES string of the molecule is C=Cc1ccc(COC(=O)c2ccccc2Sc2cccc3c2C(=O)c2cccc(Sc4ccccc4C(=O)OCc4ccc(C=C)cc4)c2C3=O)cc1. The van der Waals surface area contributed by atoms with Crippen molar-refractivity contribution >= 4 is 59.2 Å². The topological polar surface area (TPSA) is 86.7 Å². The number of hydrogen-bond donors (Lipinski definition) is 0. The predicted molar refractivity (Wildman–Crippen MR) is 212 cm³/mol. The molecule has 0 unspecified atom stereocenters. The number of benzene rings is 6. The fourth-order valence-corrected chi connectivity index (χ4v) is 8.18. The van der Waals surface area contributed by atoms with E-state index in [4.69, 9.17) is 9.47 Å². The second-order valence-electron chi connectivity index (χ2n) is 12.3. The van der Waals surface area contributed by atoms with Gasteiger partial charge in [0.2, 0.25) is 0 Å². The lowest BCUT2D eigenvalue weighted by Crippen LogP contribution is -2.22. The Kier molecular flexibility index (Phi) is 10.8. The first-order chi connectivity index (χ1) is 26.3. The minimum absolute atomic E-state index is 0.0938. The fraction of sp³-hybridized carbons (Fsp3) is 0.0435. The Morgan fingerprint density at radius 1 is 0.481 bits per heavy atom. The van der Waals surface area contributed by atoms with Gasteiger partial charge in [-0.15, -0.1) is 0 Å². The highest BCUT2D eigenvalue weighted by molar-refractivity contribution is 7.99. The molecule has 0 fully saturated rings. The number of ketones is 2. The van der Waals surface area contributed by atoms with Gasteiger partial charge in [0.1, 0.15) is 13.2 Å². The summed E-state index contributed by atoms with van der Waals surface area (Å²) in [5, 5.41) is 0. The quantitative estimate of drug-likeness (QED) is 0.114. The van der Waals surface area contributed by atoms with E-state index in [1.807, 2.05) is 60.7 Å². The molecule has 6 aromatic carbocycles. The normalized spacial score (nSPS) is 11.6. The van der Waals surface area contributed by atoms with Crippen molar-refractivity contribution in [2.45, 2.75) is 32.8 Å². The van der Waals surface area contributed by atoms with Crippen LogP contribution in [0.5, 0.6) is 0 Å². The molecule has 264 valence electrons. The summed E-state index contributed by atoms with van der Waals surface area (Å²) in [6.07, 6.45) is 3.49. The molecule has 0 atom stereocenters. The van der Waals surface area contributed by atoms with E-state index in [1.165, 1.54) is 23.5 Å². The van der Waals surface area contributed by atoms with E-state index >= 15 is 0 Å². The van der Waals surface area contributed by atoms with Gasteiger partial charge in [0, 0.05) is 41.8 Å². The number of hydrogen-bond acceptors (Lipinski definition) is 8. The first-order valence-electron chi connectivity index (χ1n) is 17.0. The summed E-state index contributed by atoms with van der Waals surface area (Å²) in [6, 6.07) is 39.5. The van der Waals surface area contributed by atoms with Crippen LogP contribution in [0.25, 0.3) is 12.2 Å². The first-order valence-corrected chi connectivity index (χ1v) is 18.6. The standard InChI is InChI=1S/C46H32O6S2/c1-3-29-19-23-31(24-20-29)27-51-45(49)33-11-5-7-15-37(33)53-39-17-9-13-35-41(39)43(47)36-14-10-18-40(42(36)44(35)48)54-38-16-8-6-12-34(38)46(50)52-28-32-25-21-30(4-2)22-26-32/h3-26H,1-2,27-28H2. The number of fused-ring (bicyclic) bond motifs is 2. The molecular formula is C46H32O6S2. The van der Waals surface area contributed by atoms with Crippen molar-refractivity contribution < 1.29 is 28.7 Å². The molecule has 7 rings (SSSR count). The summed E-state index contributed by atoms with van der Waals surface area (Å²) < 4.78 is 11.3. The third-order valence-corrected chi connectivity index (χ3v) is 11.1. The van der Waals surface area contributed by atoms with Gasteiger partial charge in [0.25, 0.3) is 0 Å². The van der Waals surface area contributed by atoms with Crippen LogP contribution in [0.2, 0.25) is 0 Å². The second kappa shape index (κ2) is 16.2. The van der Waals surface area contributed by atoms with Crippen LogP contribution in [0.4, 0.5) is 0 Å². The van der Waals surface area contributed by atoms with Gasteiger partial charge in [-0.05, 0) is 58.7 Å². The highest BCUT2D eigenvalue weighted by Crippen LogP contribution is 2.42. The molecule has 54 heavy (non-hydrogen) atoms. The summed E-state index contributed by atoms with van der Waals surface area (Å²) in [5.41, 5.74) is 5.39. The number of carbonyl (C=O) groups excluding carboxylic acids is 4. The highest BCUT2D eigenvalue weighted by Gasteiger charge is 2.34. The van der Waals surface area contributed by atoms with Gasteiger partial charge < -0.3 is 9.47 Å². The van der Waals surface area contributed by atoms with E-state index < -0.39 is 11.9 Å². The van der Waals surface area contributed by atoms with Gasteiger partial charge in [-0.1, -0.05) is 146 Å². The van der Waals surface area contributed by atoms with E-state index in [9.17, 15) is 19.2 Å². The van der Waals surface area contributed by atoms with E-state index in [0.29, 0.717) is 30.7 Å². The van der Waals surface area contributed by atoms with Crippen molar-refractivity contribution in [3.05, 3.63) is 202 Å². The van der Waals surface area contributed by atoms with Crippen LogP contribution in [0.3, 0.4) is 0 Å². The average molecular weight is 745 g/mol. The molecule has 0 aromatic heterocycles. The predicted octanol–water partition coefficient (Wildman–Crippen LogP) is 10.8. The molecule has 1 aliphatic rings. The highest BCUT2D eigenvalue weighted by atomic mass is 32.2. The summed E-state index contributed by atoms with van der Waals surface area (Å²) in [5.74, 6) is -1.61. The molecular weight excluding hydrogens is 713 g/mol. The number of rotatable bonds is 12. The molecule has 0 saturated carbocycles. The Morgan fingerprint density at radius 2 is 0.852 bits per heavy atom. The molecule has 0 amide bonds. The van der Waals surface area contributed by atoms with Crippen molar-refractivity contribution in [3.8, 4) is 0 Å². The molecule has 1 aliphatic carbocycles. The largest absolute Gasteiger partial charge is 0.457 e. The van der Waals surface area contributed by atoms with Gasteiger partial charge >= 0.3 is 11.9 Å². The van der Waals surface area contributed by atoms with Gasteiger partial charge in [-0.25, -0.2) is 9.59 Å². The zero-order chi connectivity index (χ0) is 37.6. The van der Waals surface area contributed by atoms with Crippen molar-refractivity contribution in [2.75, 3.05) is 0 Å². The summed E-state index contributed by atoms with van der Waals surface area (Å²) in [7, 11) is 0. The first kappa shape index (κ1) is 36.2. The van der Waals surface area contributed by atoms with Crippen LogP contribution < -0.4 is 0 Å². The van der Waals surface area contributed by atoms with E-state index in [0.717, 1.165) is 22.3 Å². The van der Waals surface area contributed by atoms with Gasteiger partial charge in [0.15, 0.2) is 11.6 Å². The minimum atomic E-state index is -0.503. The third kappa shape index (κ3) is 7.62. The van der Waals surface area contributed by atoms with Crippen LogP contribution in [0, 0.1) is 0 Å². The lowest BCUT2D eigenvalue weighted by atomic mass is 9.84. The zero-order valence-corrected chi connectivity index (χ0v) is 30.6. The molecule has 0 spiro atoms. The lowest BCUT2D eigenvalue weighted by molar-refractivity contribution is 0.0460. The van der Waals surface area contributed by atoms with E-state index in [-0.39, 0.29) is 47.0 Å². The number of esters is 2. The van der Waals surface area contributed by atoms with Crippen molar-refractivity contribution in [1.82, 2.24) is 0 Å². The van der Waals surface area contributed by atoms with E-state index in [1.54, 1.807) is 84.9 Å². The lowest BCUT2D eigenvalue weighted by Gasteiger charge is -2.22. The molecule has 0 N–H and O–H groups in total. The molecule has 0 bridgehead atoms.